The van der Waals surface area contributed by atoms with Crippen LogP contribution in [0, 0.1) is 0 Å². The third kappa shape index (κ3) is 3.77. The molecule has 2 rings (SSSR count). The van der Waals surface area contributed by atoms with E-state index in [0.29, 0.717) is 13.2 Å². The van der Waals surface area contributed by atoms with E-state index in [1.807, 2.05) is 26.3 Å². The van der Waals surface area contributed by atoms with Gasteiger partial charge in [0, 0.05) is 19.0 Å². The molecule has 112 valence electrons. The van der Waals surface area contributed by atoms with Crippen LogP contribution in [0.15, 0.2) is 5.38 Å². The minimum Gasteiger partial charge on any atom is -0.372 e. The number of nitrogens with one attached hydrogen (secondary N) is 1. The predicted octanol–water partition coefficient (Wildman–Crippen LogP) is 1.95. The summed E-state index contributed by atoms with van der Waals surface area (Å²) in [6.07, 6.45) is 2.04. The fourth-order valence-electron chi connectivity index (χ4n) is 2.39. The van der Waals surface area contributed by atoms with Crippen molar-refractivity contribution >= 4 is 17.2 Å². The zero-order chi connectivity index (χ0) is 14.5. The lowest BCUT2D eigenvalue weighted by atomic mass is 10.2. The van der Waals surface area contributed by atoms with Gasteiger partial charge in [-0.2, -0.15) is 0 Å². The smallest absolute Gasteiger partial charge is 0.239 e. The molecule has 0 radical (unpaired) electrons. The molecule has 1 fully saturated rings. The fourth-order valence-corrected chi connectivity index (χ4v) is 3.20. The third-order valence-corrected chi connectivity index (χ3v) is 4.52. The van der Waals surface area contributed by atoms with Gasteiger partial charge in [0.25, 0.3) is 0 Å². The van der Waals surface area contributed by atoms with Crippen LogP contribution in [0.25, 0.3) is 0 Å². The summed E-state index contributed by atoms with van der Waals surface area (Å²) in [5.74, 6) is 0.162. The minimum atomic E-state index is -0.0135. The van der Waals surface area contributed by atoms with Crippen LogP contribution in [0.4, 0.5) is 0 Å². The van der Waals surface area contributed by atoms with E-state index in [2.05, 4.69) is 10.3 Å². The van der Waals surface area contributed by atoms with Crippen molar-refractivity contribution in [2.24, 2.45) is 0 Å². The zero-order valence-corrected chi connectivity index (χ0v) is 13.2. The number of carbonyl (C=O) groups is 1. The summed E-state index contributed by atoms with van der Waals surface area (Å²) in [5.41, 5.74) is 0.936. The Morgan fingerprint density at radius 3 is 3.15 bits per heavy atom. The first kappa shape index (κ1) is 15.4. The number of aromatic nitrogens is 1. The van der Waals surface area contributed by atoms with Gasteiger partial charge in [0.1, 0.15) is 11.1 Å². The Bertz CT molecular complexity index is 443. The lowest BCUT2D eigenvalue weighted by molar-refractivity contribution is -0.132. The molecule has 0 bridgehead atoms. The van der Waals surface area contributed by atoms with Crippen molar-refractivity contribution in [3.05, 3.63) is 16.1 Å². The normalized spacial score (nSPS) is 20.1. The van der Waals surface area contributed by atoms with E-state index in [4.69, 9.17) is 4.74 Å². The molecule has 2 atom stereocenters. The van der Waals surface area contributed by atoms with Crippen molar-refractivity contribution in [2.75, 3.05) is 20.2 Å². The first-order valence-electron chi connectivity index (χ1n) is 7.16. The van der Waals surface area contributed by atoms with Gasteiger partial charge in [-0.1, -0.05) is 0 Å². The summed E-state index contributed by atoms with van der Waals surface area (Å²) in [6.45, 7) is 6.17. The standard InChI is InChI=1S/C14H23N3O2S/c1-4-19-10(2)13-16-11(9-20-13)8-17(3)14(18)12-6-5-7-15-12/h9-10,12,15H,4-8H2,1-3H3. The van der Waals surface area contributed by atoms with E-state index in [1.54, 1.807) is 16.2 Å². The van der Waals surface area contributed by atoms with Crippen LogP contribution in [0.3, 0.4) is 0 Å². The summed E-state index contributed by atoms with van der Waals surface area (Å²) < 4.78 is 5.53. The van der Waals surface area contributed by atoms with E-state index < -0.39 is 0 Å². The summed E-state index contributed by atoms with van der Waals surface area (Å²) in [5, 5.41) is 6.22. The van der Waals surface area contributed by atoms with Gasteiger partial charge < -0.3 is 15.0 Å². The van der Waals surface area contributed by atoms with Crippen molar-refractivity contribution in [1.82, 2.24) is 15.2 Å². The fraction of sp³-hybridized carbons (Fsp3) is 0.714. The molecule has 0 aromatic carbocycles. The zero-order valence-electron chi connectivity index (χ0n) is 12.4. The molecule has 2 unspecified atom stereocenters. The lowest BCUT2D eigenvalue weighted by Gasteiger charge is -2.20. The van der Waals surface area contributed by atoms with E-state index in [0.717, 1.165) is 30.1 Å². The third-order valence-electron chi connectivity index (χ3n) is 3.47. The number of rotatable bonds is 6. The molecule has 1 saturated heterocycles. The average molecular weight is 297 g/mol. The predicted molar refractivity (Wildman–Crippen MR) is 79.7 cm³/mol. The molecule has 1 aliphatic rings. The molecule has 0 saturated carbocycles. The van der Waals surface area contributed by atoms with Crippen LogP contribution in [-0.2, 0) is 16.1 Å². The number of hydrogen-bond acceptors (Lipinski definition) is 5. The highest BCUT2D eigenvalue weighted by Crippen LogP contribution is 2.21. The first-order valence-corrected chi connectivity index (χ1v) is 8.04. The number of amides is 1. The Kier molecular flexibility index (Phi) is 5.51. The molecule has 6 heteroatoms. The molecule has 1 aliphatic heterocycles. The average Bonchev–Trinajstić information content (AvgIpc) is 3.09. The number of hydrogen-bond donors (Lipinski definition) is 1. The molecule has 1 amide bonds. The van der Waals surface area contributed by atoms with Crippen molar-refractivity contribution in [3.63, 3.8) is 0 Å². The maximum atomic E-state index is 12.2. The van der Waals surface area contributed by atoms with Crippen molar-refractivity contribution in [1.29, 1.82) is 0 Å². The number of likely N-dealkylation sites (N-methyl/N-ethyl adjacent to an activating group) is 1. The van der Waals surface area contributed by atoms with Gasteiger partial charge in [-0.05, 0) is 33.2 Å². The van der Waals surface area contributed by atoms with Gasteiger partial charge in [-0.3, -0.25) is 4.79 Å². The molecule has 5 nitrogen and oxygen atoms in total. The second-order valence-electron chi connectivity index (χ2n) is 5.12. The van der Waals surface area contributed by atoms with Gasteiger partial charge in [0.2, 0.25) is 5.91 Å². The Balaban J connectivity index is 1.90. The molecule has 2 heterocycles. The first-order chi connectivity index (χ1) is 9.61. The Hall–Kier alpha value is -0.980. The van der Waals surface area contributed by atoms with Crippen LogP contribution in [0.1, 0.15) is 43.5 Å². The quantitative estimate of drug-likeness (QED) is 0.872. The molecular weight excluding hydrogens is 274 g/mol. The number of ether oxygens (including phenoxy) is 1. The lowest BCUT2D eigenvalue weighted by Crippen LogP contribution is -2.41. The number of nitrogens with zero attached hydrogens (tertiary/aromatic N) is 2. The maximum absolute atomic E-state index is 12.2. The van der Waals surface area contributed by atoms with Crippen molar-refractivity contribution < 1.29 is 9.53 Å². The molecule has 0 aliphatic carbocycles. The van der Waals surface area contributed by atoms with Gasteiger partial charge >= 0.3 is 0 Å². The SMILES string of the molecule is CCOC(C)c1nc(CN(C)C(=O)C2CCCN2)cs1. The Morgan fingerprint density at radius 2 is 2.50 bits per heavy atom. The highest BCUT2D eigenvalue weighted by molar-refractivity contribution is 7.09. The Morgan fingerprint density at radius 1 is 1.70 bits per heavy atom. The minimum absolute atomic E-state index is 0.0135. The summed E-state index contributed by atoms with van der Waals surface area (Å²) in [6, 6.07) is -0.0135. The molecule has 1 aromatic rings. The highest BCUT2D eigenvalue weighted by Gasteiger charge is 2.25. The van der Waals surface area contributed by atoms with Crippen molar-refractivity contribution in [3.8, 4) is 0 Å². The molecule has 0 spiro atoms. The van der Waals surface area contributed by atoms with Crippen LogP contribution in [-0.4, -0.2) is 42.0 Å². The summed E-state index contributed by atoms with van der Waals surface area (Å²) in [7, 11) is 1.84. The molecular formula is C14H23N3O2S. The summed E-state index contributed by atoms with van der Waals surface area (Å²) in [4.78, 5) is 18.5. The topological polar surface area (TPSA) is 54.5 Å². The second kappa shape index (κ2) is 7.15. The molecule has 20 heavy (non-hydrogen) atoms. The molecule has 1 N–H and O–H groups in total. The maximum Gasteiger partial charge on any atom is 0.239 e. The van der Waals surface area contributed by atoms with Crippen LogP contribution < -0.4 is 5.32 Å². The largest absolute Gasteiger partial charge is 0.372 e. The van der Waals surface area contributed by atoms with E-state index in [-0.39, 0.29) is 18.1 Å². The number of carbonyl (C=O) groups excluding carboxylic acids is 1. The van der Waals surface area contributed by atoms with E-state index in [1.165, 1.54) is 0 Å². The Labute approximate surface area is 124 Å². The van der Waals surface area contributed by atoms with Crippen LogP contribution >= 0.6 is 11.3 Å². The van der Waals surface area contributed by atoms with Gasteiger partial charge in [0.05, 0.1) is 18.3 Å². The highest BCUT2D eigenvalue weighted by atomic mass is 32.1. The van der Waals surface area contributed by atoms with Gasteiger partial charge in [-0.25, -0.2) is 4.98 Å². The van der Waals surface area contributed by atoms with Gasteiger partial charge in [0.15, 0.2) is 0 Å². The molecule has 1 aromatic heterocycles. The number of thiazole rings is 1. The van der Waals surface area contributed by atoms with E-state index in [9.17, 15) is 4.79 Å². The van der Waals surface area contributed by atoms with Crippen LogP contribution in [0.5, 0.6) is 0 Å². The summed E-state index contributed by atoms with van der Waals surface area (Å²) >= 11 is 1.59. The van der Waals surface area contributed by atoms with Crippen LogP contribution in [0.2, 0.25) is 0 Å². The second-order valence-corrected chi connectivity index (χ2v) is 6.01. The van der Waals surface area contributed by atoms with Gasteiger partial charge in [-0.15, -0.1) is 11.3 Å². The monoisotopic (exact) mass is 297 g/mol. The van der Waals surface area contributed by atoms with E-state index >= 15 is 0 Å². The van der Waals surface area contributed by atoms with Crippen molar-refractivity contribution in [2.45, 2.75) is 45.4 Å².